The number of nitrogens with zero attached hydrogens (tertiary/aromatic N) is 14. The highest BCUT2D eigenvalue weighted by Gasteiger charge is 2.25. The molecule has 0 spiro atoms. The van der Waals surface area contributed by atoms with Crippen LogP contribution < -0.4 is 4.74 Å². The summed E-state index contributed by atoms with van der Waals surface area (Å²) < 4.78 is 27.8. The minimum absolute atomic E-state index is 0.214. The number of benzene rings is 1. The van der Waals surface area contributed by atoms with Crippen molar-refractivity contribution in [3.63, 3.8) is 0 Å². The van der Waals surface area contributed by atoms with Crippen molar-refractivity contribution < 1.29 is 9.13 Å². The Bertz CT molecular complexity index is 3350. The summed E-state index contributed by atoms with van der Waals surface area (Å²) in [5, 5.41) is 47.5. The number of fused-ring (bicyclic) bond motifs is 2. The third-order valence-corrected chi connectivity index (χ3v) is 15.3. The molecule has 0 N–H and O–H groups in total. The monoisotopic (exact) mass is 958 g/mol. The first-order valence-corrected chi connectivity index (χ1v) is 24.4. The van der Waals surface area contributed by atoms with Crippen molar-refractivity contribution >= 4 is 34.6 Å². The Morgan fingerprint density at radius 2 is 1.12 bits per heavy atom. The number of ether oxygens (including phenoxy) is 1. The third kappa shape index (κ3) is 9.43. The van der Waals surface area contributed by atoms with Gasteiger partial charge in [-0.25, -0.2) is 18.4 Å². The Balaban J connectivity index is 0.000000172. The van der Waals surface area contributed by atoms with E-state index < -0.39 is 5.82 Å². The lowest BCUT2D eigenvalue weighted by Gasteiger charge is -2.29. The number of halogens is 1. The van der Waals surface area contributed by atoms with Crippen LogP contribution in [-0.4, -0.2) is 101 Å². The fraction of sp³-hybridized carbons (Fsp3) is 0.333. The number of nitriles is 3. The summed E-state index contributed by atoms with van der Waals surface area (Å²) in [7, 11) is 5.80. The van der Waals surface area contributed by atoms with Crippen LogP contribution in [-0.2, 0) is 0 Å². The lowest BCUT2D eigenvalue weighted by molar-refractivity contribution is 0.210. The second-order valence-corrected chi connectivity index (χ2v) is 19.9. The van der Waals surface area contributed by atoms with E-state index in [1.54, 1.807) is 22.2 Å². The van der Waals surface area contributed by atoms with Crippen LogP contribution in [0.4, 0.5) is 4.39 Å². The molecule has 8 aromatic rings. The molecule has 10 rings (SSSR count). The first-order chi connectivity index (χ1) is 33.4. The average molecular weight is 959 g/mol. The molecule has 69 heavy (non-hydrogen) atoms. The number of hydrogen-bond donors (Lipinski definition) is 0. The predicted molar refractivity (Wildman–Crippen MR) is 263 cm³/mol. The van der Waals surface area contributed by atoms with Crippen LogP contribution in [0.5, 0.6) is 5.75 Å². The number of aryl methyl sites for hydroxylation is 2. The molecule has 9 heterocycles. The third-order valence-electron chi connectivity index (χ3n) is 13.2. The molecule has 2 fully saturated rings. The number of likely N-dealkylation sites (tertiary alicyclic amines) is 2. The molecule has 0 amide bonds. The quantitative estimate of drug-likeness (QED) is 0.134. The molecule has 350 valence electrons. The van der Waals surface area contributed by atoms with Gasteiger partial charge in [0.1, 0.15) is 29.0 Å². The lowest BCUT2D eigenvalue weighted by atomic mass is 10.0. The zero-order valence-corrected chi connectivity index (χ0v) is 41.2. The number of hydrogen-bond acceptors (Lipinski definition) is 13. The molecule has 2 aliphatic heterocycles. The zero-order chi connectivity index (χ0) is 48.5. The van der Waals surface area contributed by atoms with Crippen molar-refractivity contribution in [1.29, 1.82) is 15.8 Å². The normalized spacial score (nSPS) is 14.9. The number of rotatable bonds is 9. The van der Waals surface area contributed by atoms with Crippen molar-refractivity contribution in [3.8, 4) is 46.2 Å². The van der Waals surface area contributed by atoms with Gasteiger partial charge in [0, 0.05) is 66.8 Å². The van der Waals surface area contributed by atoms with E-state index in [2.05, 4.69) is 86.6 Å². The average Bonchev–Trinajstić information content (AvgIpc) is 4.16. The zero-order valence-electron chi connectivity index (χ0n) is 39.6. The minimum atomic E-state index is -0.481. The van der Waals surface area contributed by atoms with Gasteiger partial charge in [-0.15, -0.1) is 0 Å². The Labute approximate surface area is 408 Å². The van der Waals surface area contributed by atoms with E-state index in [1.165, 1.54) is 42.9 Å². The molecular formula is C51H51FN14OS2. The van der Waals surface area contributed by atoms with Crippen molar-refractivity contribution in [2.75, 3.05) is 47.4 Å². The number of aromatic nitrogens is 9. The van der Waals surface area contributed by atoms with Gasteiger partial charge >= 0.3 is 0 Å². The van der Waals surface area contributed by atoms with Gasteiger partial charge in [-0.3, -0.25) is 9.36 Å². The molecule has 0 bridgehead atoms. The molecule has 2 aliphatic rings. The lowest BCUT2D eigenvalue weighted by Crippen LogP contribution is -2.32. The molecule has 0 saturated carbocycles. The van der Waals surface area contributed by atoms with E-state index in [1.807, 2.05) is 56.0 Å². The molecule has 7 aromatic heterocycles. The minimum Gasteiger partial charge on any atom is -0.495 e. The van der Waals surface area contributed by atoms with Crippen LogP contribution in [0.2, 0.25) is 0 Å². The maximum absolute atomic E-state index is 14.9. The Morgan fingerprint density at radius 1 is 0.623 bits per heavy atom. The Hall–Kier alpha value is -7.01. The predicted octanol–water partition coefficient (Wildman–Crippen LogP) is 9.62. The van der Waals surface area contributed by atoms with Crippen LogP contribution in [0, 0.1) is 67.5 Å². The fourth-order valence-corrected chi connectivity index (χ4v) is 11.4. The first kappa shape index (κ1) is 47.1. The smallest absolute Gasteiger partial charge is 0.159 e. The van der Waals surface area contributed by atoms with Crippen LogP contribution in [0.1, 0.15) is 77.1 Å². The highest BCUT2D eigenvalue weighted by Crippen LogP contribution is 2.40. The molecule has 0 aliphatic carbocycles. The van der Waals surface area contributed by atoms with Gasteiger partial charge in [-0.05, 0) is 123 Å². The van der Waals surface area contributed by atoms with E-state index in [0.29, 0.717) is 50.6 Å². The fourth-order valence-electron chi connectivity index (χ4n) is 9.27. The van der Waals surface area contributed by atoms with Crippen LogP contribution in [0.3, 0.4) is 0 Å². The van der Waals surface area contributed by atoms with Gasteiger partial charge < -0.3 is 14.5 Å². The maximum Gasteiger partial charge on any atom is 0.159 e. The van der Waals surface area contributed by atoms with Gasteiger partial charge in [-0.1, -0.05) is 29.6 Å². The molecule has 15 nitrogen and oxygen atoms in total. The van der Waals surface area contributed by atoms with Gasteiger partial charge in [0.15, 0.2) is 5.82 Å². The number of pyridine rings is 3. The van der Waals surface area contributed by atoms with Crippen molar-refractivity contribution in [3.05, 3.63) is 119 Å². The standard InChI is InChI=1S/C26H25N7S.C25H26FN7OS/c1-17-4-5-24(19(10-17)12-27)34-25-11-20(16-32-26(25)21(13-28)14-29-32)23-15-30-33(18(23)2)22-6-8-31(3)9-7-22;1-15-22(34-4)10-21(26)25(30-15)35-23-9-17(14-32-24(23)18(11-27)12-28-32)20-13-29-33(16(20)2)19-5-7-31(3)8-6-19/h4-5,10-11,14-16,22H,6-9H2,1-3H3;9-10,12-14,19H,5-8H2,1-4H3. The van der Waals surface area contributed by atoms with Crippen LogP contribution >= 0.6 is 23.5 Å². The number of piperidine rings is 2. The first-order valence-electron chi connectivity index (χ1n) is 22.7. The molecule has 2 saturated heterocycles. The summed E-state index contributed by atoms with van der Waals surface area (Å²) in [4.78, 5) is 11.5. The molecular weight excluding hydrogens is 908 g/mol. The Morgan fingerprint density at radius 3 is 1.59 bits per heavy atom. The second kappa shape index (κ2) is 19.9. The van der Waals surface area contributed by atoms with E-state index >= 15 is 0 Å². The van der Waals surface area contributed by atoms with E-state index in [-0.39, 0.29) is 5.03 Å². The highest BCUT2D eigenvalue weighted by atomic mass is 32.2. The topological polar surface area (TPSA) is 170 Å². The van der Waals surface area contributed by atoms with E-state index in [0.717, 1.165) is 106 Å². The van der Waals surface area contributed by atoms with Gasteiger partial charge in [-0.2, -0.15) is 36.2 Å². The summed E-state index contributed by atoms with van der Waals surface area (Å²) in [6, 6.07) is 18.8. The van der Waals surface area contributed by atoms with Crippen molar-refractivity contribution in [2.45, 2.75) is 85.2 Å². The molecule has 0 atom stereocenters. The summed E-state index contributed by atoms with van der Waals surface area (Å²) in [6.45, 7) is 12.2. The second-order valence-electron chi connectivity index (χ2n) is 17.7. The van der Waals surface area contributed by atoms with E-state index in [9.17, 15) is 20.2 Å². The summed E-state index contributed by atoms with van der Waals surface area (Å²) in [6.07, 6.45) is 15.1. The van der Waals surface area contributed by atoms with Gasteiger partial charge in [0.05, 0.1) is 77.4 Å². The highest BCUT2D eigenvalue weighted by molar-refractivity contribution is 7.99. The van der Waals surface area contributed by atoms with Crippen LogP contribution in [0.15, 0.2) is 93.3 Å². The summed E-state index contributed by atoms with van der Waals surface area (Å²) in [5.74, 6) is -0.0879. The van der Waals surface area contributed by atoms with Crippen molar-refractivity contribution in [2.24, 2.45) is 0 Å². The largest absolute Gasteiger partial charge is 0.495 e. The summed E-state index contributed by atoms with van der Waals surface area (Å²) in [5.41, 5.74) is 10.7. The van der Waals surface area contributed by atoms with Crippen LogP contribution in [0.25, 0.3) is 33.3 Å². The number of methoxy groups -OCH3 is 1. The molecule has 0 radical (unpaired) electrons. The van der Waals surface area contributed by atoms with Gasteiger partial charge in [0.25, 0.3) is 0 Å². The molecule has 18 heteroatoms. The van der Waals surface area contributed by atoms with Gasteiger partial charge in [0.2, 0.25) is 0 Å². The SMILES string of the molecule is COc1cc(F)c(Sc2cc(-c3cnn(C4CCN(C)CC4)c3C)cn3ncc(C#N)c23)nc1C.Cc1ccc(Sc2cc(-c3cnn(C4CCN(C)CC4)c3C)cn3ncc(C#N)c23)c(C#N)c1. The van der Waals surface area contributed by atoms with Crippen molar-refractivity contribution in [1.82, 2.24) is 53.6 Å². The summed E-state index contributed by atoms with van der Waals surface area (Å²) >= 11 is 2.67. The molecule has 0 unspecified atom stereocenters. The Kier molecular flexibility index (Phi) is 13.6. The van der Waals surface area contributed by atoms with E-state index in [4.69, 9.17) is 14.9 Å². The molecule has 1 aromatic carbocycles. The maximum atomic E-state index is 14.9.